The molecule has 0 bridgehead atoms. The molecule has 1 aromatic heterocycles. The van der Waals surface area contributed by atoms with Crippen LogP contribution in [0.2, 0.25) is 0 Å². The van der Waals surface area contributed by atoms with Crippen LogP contribution in [-0.2, 0) is 51.3 Å². The van der Waals surface area contributed by atoms with Crippen LogP contribution >= 0.6 is 15.9 Å². The van der Waals surface area contributed by atoms with Gasteiger partial charge in [-0.2, -0.15) is 5.26 Å². The van der Waals surface area contributed by atoms with E-state index in [0.29, 0.717) is 6.54 Å². The number of nitrogens with zero attached hydrogens (tertiary/aromatic N) is 5. The van der Waals surface area contributed by atoms with Gasteiger partial charge in [-0.15, -0.1) is 0 Å². The minimum absolute atomic E-state index is 0.0267. The van der Waals surface area contributed by atoms with Crippen molar-refractivity contribution in [1.82, 2.24) is 35.2 Å². The fourth-order valence-electron chi connectivity index (χ4n) is 8.97. The molecule has 0 spiro atoms. The van der Waals surface area contributed by atoms with Gasteiger partial charge in [-0.05, 0) is 85.1 Å². The topological polar surface area (TPSA) is 203 Å². The van der Waals surface area contributed by atoms with Crippen molar-refractivity contribution >= 4 is 68.2 Å². The number of hydrogen-bond acceptors (Lipinski definition) is 9. The number of carbonyl (C=O) groups excluding carboxylic acids is 7. The lowest BCUT2D eigenvalue weighted by Gasteiger charge is -2.36. The Bertz CT molecular complexity index is 2400. The zero-order chi connectivity index (χ0) is 53.1. The first-order valence-corrected chi connectivity index (χ1v) is 25.6. The molecule has 1 aliphatic rings. The van der Waals surface area contributed by atoms with Gasteiger partial charge in [0.25, 0.3) is 5.91 Å². The SMILES string of the molecule is CC(C)C[C@@H]1NC(=O)[C@H](Cc2cn(Cc3ccc(Br)cc3)c3ccccc23)N(C)C(=O)[C@H](CC(C)C)NC(=O)[C@H](CC(C)C)N(C)C(=O)[C@H](CC(C)(C)C)NC(=O)[C@@H](CCC#N)OC(=O)[C@H](C)N(C)C1=O. The first kappa shape index (κ1) is 57.8. The number of amides is 6. The molecular formula is C54H77BrN8O8. The minimum atomic E-state index is -1.51. The number of carbonyl (C=O) groups is 7. The Hall–Kier alpha value is -5.76. The number of ether oxygens (including phenoxy) is 1. The molecule has 1 fully saturated rings. The van der Waals surface area contributed by atoms with Gasteiger partial charge in [0, 0.05) is 68.5 Å². The van der Waals surface area contributed by atoms with Crippen molar-refractivity contribution in [2.24, 2.45) is 23.2 Å². The number of hydrogen-bond donors (Lipinski definition) is 3. The quantitative estimate of drug-likeness (QED) is 0.155. The van der Waals surface area contributed by atoms with Crippen LogP contribution < -0.4 is 16.0 Å². The van der Waals surface area contributed by atoms with E-state index in [1.807, 2.05) is 123 Å². The van der Waals surface area contributed by atoms with Crippen molar-refractivity contribution in [3.8, 4) is 6.07 Å². The maximum absolute atomic E-state index is 15.2. The number of halogens is 1. The summed E-state index contributed by atoms with van der Waals surface area (Å²) in [7, 11) is 4.41. The van der Waals surface area contributed by atoms with Crippen molar-refractivity contribution in [2.45, 2.75) is 163 Å². The van der Waals surface area contributed by atoms with E-state index < -0.39 is 89.2 Å². The summed E-state index contributed by atoms with van der Waals surface area (Å²) in [6.45, 7) is 19.1. The highest BCUT2D eigenvalue weighted by atomic mass is 79.9. The molecule has 2 aromatic carbocycles. The van der Waals surface area contributed by atoms with E-state index in [0.717, 1.165) is 31.4 Å². The molecule has 17 heteroatoms. The highest BCUT2D eigenvalue weighted by molar-refractivity contribution is 9.10. The summed E-state index contributed by atoms with van der Waals surface area (Å²) in [6.07, 6.45) is 0.830. The molecule has 71 heavy (non-hydrogen) atoms. The molecular weight excluding hydrogens is 969 g/mol. The van der Waals surface area contributed by atoms with Gasteiger partial charge in [0.15, 0.2) is 6.10 Å². The Labute approximate surface area is 429 Å². The average Bonchev–Trinajstić information content (AvgIpc) is 3.64. The smallest absolute Gasteiger partial charge is 0.329 e. The normalized spacial score (nSPS) is 23.2. The van der Waals surface area contributed by atoms with E-state index in [1.54, 1.807) is 0 Å². The summed E-state index contributed by atoms with van der Waals surface area (Å²) in [5.74, 6) is -5.04. The molecule has 1 saturated heterocycles. The van der Waals surface area contributed by atoms with E-state index in [4.69, 9.17) is 4.74 Å². The van der Waals surface area contributed by atoms with Crippen LogP contribution in [0.3, 0.4) is 0 Å². The van der Waals surface area contributed by atoms with E-state index in [1.165, 1.54) is 37.9 Å². The van der Waals surface area contributed by atoms with Gasteiger partial charge in [0.1, 0.15) is 36.3 Å². The monoisotopic (exact) mass is 1040 g/mol. The van der Waals surface area contributed by atoms with Gasteiger partial charge < -0.3 is 40.0 Å². The molecule has 4 rings (SSSR count). The Balaban J connectivity index is 1.93. The molecule has 388 valence electrons. The van der Waals surface area contributed by atoms with E-state index in [2.05, 4.69) is 36.4 Å². The molecule has 2 heterocycles. The number of cyclic esters (lactones) is 1. The number of benzene rings is 2. The molecule has 7 atom stereocenters. The number of nitrogens with one attached hydrogen (secondary N) is 3. The number of aromatic nitrogens is 1. The third-order valence-electron chi connectivity index (χ3n) is 12.9. The fourth-order valence-corrected chi connectivity index (χ4v) is 9.24. The zero-order valence-corrected chi connectivity index (χ0v) is 45.6. The standard InChI is InChI=1S/C54H77BrN8O8/c1-32(2)25-40-50(67)60(11)35(7)53(70)71-46(19-16-24-56)49(66)59-42(29-54(8,9)10)52(69)61(12)44(27-34(5)6)47(64)58-41(26-33(3)4)51(68)62(13)45(48(65)57-40)28-37-31-63(43-18-15-14-17-39(37)43)30-36-20-22-38(55)23-21-36/h14-15,17-18,20-23,31-35,40-42,44-46H,16,19,25-30H2,1-13H3,(H,57,65)(H,58,64)(H,59,66)/t35-,40-,41-,42-,44-,45-,46+/m0/s1. The van der Waals surface area contributed by atoms with Crippen molar-refractivity contribution in [1.29, 1.82) is 5.26 Å². The summed E-state index contributed by atoms with van der Waals surface area (Å²) >= 11 is 3.52. The van der Waals surface area contributed by atoms with Gasteiger partial charge in [-0.1, -0.05) is 109 Å². The summed E-state index contributed by atoms with van der Waals surface area (Å²) < 4.78 is 8.82. The fraction of sp³-hybridized carbons (Fsp3) is 0.593. The highest BCUT2D eigenvalue weighted by Crippen LogP contribution is 2.28. The van der Waals surface area contributed by atoms with E-state index in [9.17, 15) is 29.2 Å². The third-order valence-corrected chi connectivity index (χ3v) is 13.4. The first-order chi connectivity index (χ1) is 33.2. The molecule has 6 amide bonds. The summed E-state index contributed by atoms with van der Waals surface area (Å²) in [5, 5.41) is 19.1. The molecule has 0 aliphatic carbocycles. The van der Waals surface area contributed by atoms with Crippen molar-refractivity contribution in [3.05, 3.63) is 70.3 Å². The second-order valence-corrected chi connectivity index (χ2v) is 22.6. The van der Waals surface area contributed by atoms with E-state index >= 15 is 9.59 Å². The van der Waals surface area contributed by atoms with Crippen LogP contribution in [0.5, 0.6) is 0 Å². The van der Waals surface area contributed by atoms with Gasteiger partial charge in [0.05, 0.1) is 6.07 Å². The molecule has 16 nitrogen and oxygen atoms in total. The van der Waals surface area contributed by atoms with Gasteiger partial charge in [-0.25, -0.2) is 4.79 Å². The van der Waals surface area contributed by atoms with Crippen LogP contribution in [0.4, 0.5) is 0 Å². The maximum atomic E-state index is 15.2. The molecule has 0 saturated carbocycles. The van der Waals surface area contributed by atoms with Crippen LogP contribution in [0.15, 0.2) is 59.2 Å². The number of para-hydroxylation sites is 1. The zero-order valence-electron chi connectivity index (χ0n) is 44.0. The second kappa shape index (κ2) is 25.6. The summed E-state index contributed by atoms with van der Waals surface area (Å²) in [5.41, 5.74) is 2.20. The van der Waals surface area contributed by atoms with Gasteiger partial charge in [-0.3, -0.25) is 28.8 Å². The van der Waals surface area contributed by atoms with Crippen LogP contribution in [0.25, 0.3) is 10.9 Å². The molecule has 1 aliphatic heterocycles. The number of likely N-dealkylation sites (N-methyl/N-ethyl adjacent to an activating group) is 3. The third kappa shape index (κ3) is 16.1. The first-order valence-electron chi connectivity index (χ1n) is 24.8. The molecule has 0 unspecified atom stereocenters. The lowest BCUT2D eigenvalue weighted by Crippen LogP contribution is -2.60. The van der Waals surface area contributed by atoms with Crippen LogP contribution in [-0.4, -0.2) is 124 Å². The second-order valence-electron chi connectivity index (χ2n) is 21.6. The lowest BCUT2D eigenvalue weighted by molar-refractivity contribution is -0.163. The largest absolute Gasteiger partial charge is 0.451 e. The number of esters is 1. The molecule has 3 N–H and O–H groups in total. The Kier molecular flexibility index (Phi) is 20.8. The minimum Gasteiger partial charge on any atom is -0.451 e. The molecule has 0 radical (unpaired) electrons. The molecule has 3 aromatic rings. The average molecular weight is 1050 g/mol. The number of nitriles is 1. The Morgan fingerprint density at radius 3 is 1.75 bits per heavy atom. The predicted octanol–water partition coefficient (Wildman–Crippen LogP) is 6.75. The van der Waals surface area contributed by atoms with Crippen molar-refractivity contribution in [3.63, 3.8) is 0 Å². The number of rotatable bonds is 13. The highest BCUT2D eigenvalue weighted by Gasteiger charge is 2.41. The summed E-state index contributed by atoms with van der Waals surface area (Å²) in [6, 6.07) is 10.7. The lowest BCUT2D eigenvalue weighted by atomic mass is 9.87. The van der Waals surface area contributed by atoms with E-state index in [-0.39, 0.29) is 62.7 Å². The summed E-state index contributed by atoms with van der Waals surface area (Å²) in [4.78, 5) is 106. The van der Waals surface area contributed by atoms with Gasteiger partial charge in [0.2, 0.25) is 29.5 Å². The van der Waals surface area contributed by atoms with Crippen LogP contribution in [0, 0.1) is 34.5 Å². The predicted molar refractivity (Wildman–Crippen MR) is 277 cm³/mol. The maximum Gasteiger partial charge on any atom is 0.329 e. The van der Waals surface area contributed by atoms with Crippen molar-refractivity contribution < 1.29 is 38.3 Å². The number of fused-ring (bicyclic) bond motifs is 1. The van der Waals surface area contributed by atoms with Crippen molar-refractivity contribution in [2.75, 3.05) is 21.1 Å². The Morgan fingerprint density at radius 1 is 0.690 bits per heavy atom. The Morgan fingerprint density at radius 2 is 1.20 bits per heavy atom. The van der Waals surface area contributed by atoms with Gasteiger partial charge >= 0.3 is 5.97 Å². The van der Waals surface area contributed by atoms with Crippen LogP contribution in [0.1, 0.15) is 119 Å².